The third-order valence-corrected chi connectivity index (χ3v) is 5.38. The summed E-state index contributed by atoms with van der Waals surface area (Å²) in [6, 6.07) is 7.57. The van der Waals surface area contributed by atoms with E-state index >= 15 is 0 Å². The molecular weight excluding hydrogens is 366 g/mol. The fraction of sp³-hybridized carbons (Fsp3) is 0.600. The third-order valence-electron chi connectivity index (χ3n) is 5.38. The number of anilines is 1. The molecule has 0 saturated carbocycles. The van der Waals surface area contributed by atoms with Crippen LogP contribution in [-0.2, 0) is 9.59 Å². The van der Waals surface area contributed by atoms with Crippen LogP contribution in [0.4, 0.5) is 5.69 Å². The van der Waals surface area contributed by atoms with E-state index in [0.717, 1.165) is 43.8 Å². The van der Waals surface area contributed by atoms with Gasteiger partial charge in [0.1, 0.15) is 5.75 Å². The first-order chi connectivity index (χ1) is 12.6. The number of nitrogens with zero attached hydrogens (tertiary/aromatic N) is 1. The number of rotatable bonds is 7. The van der Waals surface area contributed by atoms with Crippen molar-refractivity contribution >= 4 is 29.9 Å². The number of carbonyl (C=O) groups excluding carboxylic acids is 2. The van der Waals surface area contributed by atoms with Gasteiger partial charge in [0, 0.05) is 19.5 Å². The van der Waals surface area contributed by atoms with Gasteiger partial charge in [-0.05, 0) is 56.3 Å². The fourth-order valence-electron chi connectivity index (χ4n) is 3.81. The van der Waals surface area contributed by atoms with E-state index in [1.807, 2.05) is 24.3 Å². The molecule has 1 atom stereocenters. The molecule has 2 aliphatic rings. The van der Waals surface area contributed by atoms with Crippen molar-refractivity contribution in [3.8, 4) is 5.75 Å². The molecule has 150 valence electrons. The van der Waals surface area contributed by atoms with E-state index in [0.29, 0.717) is 31.3 Å². The molecule has 0 bridgehead atoms. The summed E-state index contributed by atoms with van der Waals surface area (Å²) in [7, 11) is 0. The number of benzene rings is 1. The minimum Gasteiger partial charge on any atom is -0.482 e. The van der Waals surface area contributed by atoms with Gasteiger partial charge in [0.15, 0.2) is 6.61 Å². The predicted octanol–water partition coefficient (Wildman–Crippen LogP) is 2.37. The van der Waals surface area contributed by atoms with Gasteiger partial charge in [-0.1, -0.05) is 19.1 Å². The second-order valence-electron chi connectivity index (χ2n) is 7.27. The van der Waals surface area contributed by atoms with Crippen LogP contribution >= 0.6 is 12.4 Å². The number of para-hydroxylation sites is 2. The molecule has 6 nitrogen and oxygen atoms in total. The minimum absolute atomic E-state index is 0. The zero-order chi connectivity index (χ0) is 18.4. The molecule has 1 aromatic rings. The van der Waals surface area contributed by atoms with Gasteiger partial charge in [0.25, 0.3) is 5.91 Å². The number of amides is 2. The largest absolute Gasteiger partial charge is 0.482 e. The maximum atomic E-state index is 12.2. The molecule has 2 N–H and O–H groups in total. The Morgan fingerprint density at radius 2 is 2.07 bits per heavy atom. The maximum absolute atomic E-state index is 12.2. The lowest BCUT2D eigenvalue weighted by Crippen LogP contribution is -2.40. The van der Waals surface area contributed by atoms with Crippen molar-refractivity contribution in [2.75, 3.05) is 37.7 Å². The summed E-state index contributed by atoms with van der Waals surface area (Å²) in [4.78, 5) is 26.0. The number of carbonyl (C=O) groups is 2. The van der Waals surface area contributed by atoms with Crippen molar-refractivity contribution in [2.45, 2.75) is 32.6 Å². The number of hydrogen-bond donors (Lipinski definition) is 2. The van der Waals surface area contributed by atoms with E-state index in [2.05, 4.69) is 17.6 Å². The summed E-state index contributed by atoms with van der Waals surface area (Å²) in [5.41, 5.74) is 0.814. The summed E-state index contributed by atoms with van der Waals surface area (Å²) in [6.45, 7) is 5.56. The van der Waals surface area contributed by atoms with Gasteiger partial charge < -0.3 is 20.3 Å². The Labute approximate surface area is 167 Å². The first kappa shape index (κ1) is 21.5. The smallest absolute Gasteiger partial charge is 0.265 e. The molecule has 1 saturated heterocycles. The van der Waals surface area contributed by atoms with Crippen LogP contribution in [0.1, 0.15) is 32.6 Å². The number of nitrogens with one attached hydrogen (secondary N) is 2. The number of halogens is 1. The van der Waals surface area contributed by atoms with Crippen LogP contribution < -0.4 is 20.3 Å². The molecular formula is C20H30ClN3O3. The van der Waals surface area contributed by atoms with E-state index in [1.54, 1.807) is 4.90 Å². The molecule has 1 fully saturated rings. The van der Waals surface area contributed by atoms with Crippen LogP contribution in [-0.4, -0.2) is 44.6 Å². The molecule has 3 rings (SSSR count). The van der Waals surface area contributed by atoms with Crippen molar-refractivity contribution < 1.29 is 14.3 Å². The quantitative estimate of drug-likeness (QED) is 0.695. The molecule has 0 spiro atoms. The average Bonchev–Trinajstić information content (AvgIpc) is 2.67. The average molecular weight is 396 g/mol. The predicted molar refractivity (Wildman–Crippen MR) is 109 cm³/mol. The Kier molecular flexibility index (Phi) is 8.38. The van der Waals surface area contributed by atoms with Crippen LogP contribution in [0.15, 0.2) is 24.3 Å². The fourth-order valence-corrected chi connectivity index (χ4v) is 3.81. The lowest BCUT2D eigenvalue weighted by Gasteiger charge is -2.29. The van der Waals surface area contributed by atoms with E-state index in [-0.39, 0.29) is 30.8 Å². The Hall–Kier alpha value is -1.79. The lowest BCUT2D eigenvalue weighted by atomic mass is 9.84. The SMILES string of the molecule is CC(CC(=O)NCCCN1C(=O)COc2ccccc21)C1CCNCC1.Cl. The van der Waals surface area contributed by atoms with Gasteiger partial charge in [-0.3, -0.25) is 9.59 Å². The zero-order valence-electron chi connectivity index (χ0n) is 15.9. The van der Waals surface area contributed by atoms with Crippen molar-refractivity contribution in [3.05, 3.63) is 24.3 Å². The highest BCUT2D eigenvalue weighted by molar-refractivity contribution is 5.97. The van der Waals surface area contributed by atoms with E-state index in [9.17, 15) is 9.59 Å². The van der Waals surface area contributed by atoms with E-state index in [1.165, 1.54) is 0 Å². The normalized spacial score (nSPS) is 18.1. The second kappa shape index (κ2) is 10.5. The number of fused-ring (bicyclic) bond motifs is 1. The standard InChI is InChI=1S/C20H29N3O3.ClH/c1-15(16-7-10-21-11-8-16)13-19(24)22-9-4-12-23-17-5-2-3-6-18(17)26-14-20(23)25;/h2-3,5-6,15-16,21H,4,7-14H2,1H3,(H,22,24);1H. The number of hydrogen-bond acceptors (Lipinski definition) is 4. The molecule has 0 aromatic heterocycles. The molecule has 7 heteroatoms. The molecule has 2 heterocycles. The van der Waals surface area contributed by atoms with Crippen LogP contribution in [0, 0.1) is 11.8 Å². The van der Waals surface area contributed by atoms with Gasteiger partial charge in [0.2, 0.25) is 5.91 Å². The molecule has 1 unspecified atom stereocenters. The van der Waals surface area contributed by atoms with Gasteiger partial charge >= 0.3 is 0 Å². The Balaban J connectivity index is 0.00000261. The first-order valence-corrected chi connectivity index (χ1v) is 9.65. The van der Waals surface area contributed by atoms with Crippen molar-refractivity contribution in [1.29, 1.82) is 0 Å². The van der Waals surface area contributed by atoms with Gasteiger partial charge in [-0.2, -0.15) is 0 Å². The topological polar surface area (TPSA) is 70.7 Å². The van der Waals surface area contributed by atoms with Crippen LogP contribution in [0.25, 0.3) is 0 Å². The highest BCUT2D eigenvalue weighted by Gasteiger charge is 2.25. The molecule has 2 aliphatic heterocycles. The molecule has 2 amide bonds. The Morgan fingerprint density at radius 1 is 1.33 bits per heavy atom. The lowest BCUT2D eigenvalue weighted by molar-refractivity contribution is -0.122. The summed E-state index contributed by atoms with van der Waals surface area (Å²) in [5, 5.41) is 6.37. The van der Waals surface area contributed by atoms with Crippen LogP contribution in [0.5, 0.6) is 5.75 Å². The summed E-state index contributed by atoms with van der Waals surface area (Å²) >= 11 is 0. The van der Waals surface area contributed by atoms with Crippen molar-refractivity contribution in [2.24, 2.45) is 11.8 Å². The van der Waals surface area contributed by atoms with Gasteiger partial charge in [0.05, 0.1) is 5.69 Å². The molecule has 27 heavy (non-hydrogen) atoms. The Morgan fingerprint density at radius 3 is 2.85 bits per heavy atom. The van der Waals surface area contributed by atoms with E-state index < -0.39 is 0 Å². The highest BCUT2D eigenvalue weighted by atomic mass is 35.5. The molecule has 1 aromatic carbocycles. The molecule has 0 aliphatic carbocycles. The van der Waals surface area contributed by atoms with E-state index in [4.69, 9.17) is 4.74 Å². The summed E-state index contributed by atoms with van der Waals surface area (Å²) in [5.74, 6) is 1.89. The van der Waals surface area contributed by atoms with Crippen molar-refractivity contribution in [1.82, 2.24) is 10.6 Å². The highest BCUT2D eigenvalue weighted by Crippen LogP contribution is 2.31. The van der Waals surface area contributed by atoms with Gasteiger partial charge in [-0.15, -0.1) is 12.4 Å². The molecule has 0 radical (unpaired) electrons. The van der Waals surface area contributed by atoms with Crippen molar-refractivity contribution in [3.63, 3.8) is 0 Å². The van der Waals surface area contributed by atoms with Crippen LogP contribution in [0.3, 0.4) is 0 Å². The Bertz CT molecular complexity index is 635. The van der Waals surface area contributed by atoms with Crippen LogP contribution in [0.2, 0.25) is 0 Å². The number of ether oxygens (including phenoxy) is 1. The monoisotopic (exact) mass is 395 g/mol. The second-order valence-corrected chi connectivity index (χ2v) is 7.27. The first-order valence-electron chi connectivity index (χ1n) is 9.65. The number of piperidine rings is 1. The summed E-state index contributed by atoms with van der Waals surface area (Å²) in [6.07, 6.45) is 3.64. The zero-order valence-corrected chi connectivity index (χ0v) is 16.7. The van der Waals surface area contributed by atoms with Gasteiger partial charge in [-0.25, -0.2) is 0 Å². The minimum atomic E-state index is -0.0328. The maximum Gasteiger partial charge on any atom is 0.265 e. The third kappa shape index (κ3) is 5.84. The summed E-state index contributed by atoms with van der Waals surface area (Å²) < 4.78 is 5.45.